The second-order valence-corrected chi connectivity index (χ2v) is 5.48. The van der Waals surface area contributed by atoms with E-state index in [0.717, 1.165) is 29.3 Å². The third-order valence-electron chi connectivity index (χ3n) is 3.76. The minimum Gasteiger partial charge on any atom is -0.506 e. The van der Waals surface area contributed by atoms with Gasteiger partial charge in [-0.1, -0.05) is 36.4 Å². The Kier molecular flexibility index (Phi) is 4.62. The Labute approximate surface area is 147 Å². The summed E-state index contributed by atoms with van der Waals surface area (Å²) in [6.45, 7) is 0. The standard InChI is InChI=1S/C19H13FN2O4/c20-15-8-6-14(11-17(15)22(25)26)19(24)21-16-10-13(7-9-18(16)23)12-4-2-1-3-5-12/h1-11,23H,(H,21,24). The van der Waals surface area contributed by atoms with Crippen molar-refractivity contribution in [3.05, 3.63) is 88.2 Å². The number of phenols is 1. The van der Waals surface area contributed by atoms with Crippen LogP contribution in [0.25, 0.3) is 11.1 Å². The molecule has 130 valence electrons. The highest BCUT2D eigenvalue weighted by atomic mass is 19.1. The lowest BCUT2D eigenvalue weighted by atomic mass is 10.0. The highest BCUT2D eigenvalue weighted by Gasteiger charge is 2.18. The Bertz CT molecular complexity index is 990. The van der Waals surface area contributed by atoms with Gasteiger partial charge in [-0.2, -0.15) is 4.39 Å². The number of nitrogens with one attached hydrogen (secondary N) is 1. The van der Waals surface area contributed by atoms with Crippen LogP contribution in [0.4, 0.5) is 15.8 Å². The number of nitrogens with zero attached hydrogens (tertiary/aromatic N) is 1. The van der Waals surface area contributed by atoms with Gasteiger partial charge in [-0.15, -0.1) is 0 Å². The molecule has 0 heterocycles. The number of anilines is 1. The fourth-order valence-corrected chi connectivity index (χ4v) is 2.43. The van der Waals surface area contributed by atoms with Crippen molar-refractivity contribution in [1.29, 1.82) is 0 Å². The molecular weight excluding hydrogens is 339 g/mol. The van der Waals surface area contributed by atoms with Crippen LogP contribution in [0.3, 0.4) is 0 Å². The van der Waals surface area contributed by atoms with E-state index in [-0.39, 0.29) is 17.0 Å². The van der Waals surface area contributed by atoms with Crippen LogP contribution in [0.2, 0.25) is 0 Å². The van der Waals surface area contributed by atoms with Crippen molar-refractivity contribution in [3.63, 3.8) is 0 Å². The average molecular weight is 352 g/mol. The van der Waals surface area contributed by atoms with Gasteiger partial charge in [0.05, 0.1) is 10.6 Å². The van der Waals surface area contributed by atoms with E-state index in [9.17, 15) is 24.4 Å². The molecule has 0 aliphatic carbocycles. The summed E-state index contributed by atoms with van der Waals surface area (Å²) in [5, 5.41) is 23.3. The fraction of sp³-hybridized carbons (Fsp3) is 0. The third kappa shape index (κ3) is 3.51. The van der Waals surface area contributed by atoms with Gasteiger partial charge in [0.1, 0.15) is 5.75 Å². The van der Waals surface area contributed by atoms with Crippen molar-refractivity contribution < 1.29 is 19.2 Å². The summed E-state index contributed by atoms with van der Waals surface area (Å²) in [6, 6.07) is 16.9. The number of hydrogen-bond acceptors (Lipinski definition) is 4. The Morgan fingerprint density at radius 1 is 1.00 bits per heavy atom. The van der Waals surface area contributed by atoms with Gasteiger partial charge in [0.25, 0.3) is 5.91 Å². The van der Waals surface area contributed by atoms with E-state index < -0.39 is 22.3 Å². The molecule has 0 atom stereocenters. The molecule has 0 aliphatic heterocycles. The Morgan fingerprint density at radius 2 is 1.73 bits per heavy atom. The number of hydrogen-bond donors (Lipinski definition) is 2. The molecule has 3 aromatic carbocycles. The molecule has 0 aliphatic rings. The normalized spacial score (nSPS) is 10.3. The fourth-order valence-electron chi connectivity index (χ4n) is 2.43. The third-order valence-corrected chi connectivity index (χ3v) is 3.76. The molecule has 6 nitrogen and oxygen atoms in total. The minimum absolute atomic E-state index is 0.0948. The molecule has 0 bridgehead atoms. The van der Waals surface area contributed by atoms with Crippen LogP contribution in [0.1, 0.15) is 10.4 Å². The molecule has 26 heavy (non-hydrogen) atoms. The molecule has 0 spiro atoms. The molecule has 2 N–H and O–H groups in total. The molecule has 7 heteroatoms. The number of phenolic OH excluding ortho intramolecular Hbond substituents is 1. The van der Waals surface area contributed by atoms with E-state index in [1.165, 1.54) is 6.07 Å². The minimum atomic E-state index is -1.03. The van der Waals surface area contributed by atoms with E-state index in [2.05, 4.69) is 5.32 Å². The van der Waals surface area contributed by atoms with Crippen molar-refractivity contribution in [1.82, 2.24) is 0 Å². The summed E-state index contributed by atoms with van der Waals surface area (Å²) >= 11 is 0. The van der Waals surface area contributed by atoms with E-state index >= 15 is 0 Å². The number of benzene rings is 3. The molecule has 3 aromatic rings. The summed E-state index contributed by atoms with van der Waals surface area (Å²) < 4.78 is 13.4. The molecule has 0 fully saturated rings. The second kappa shape index (κ2) is 7.02. The molecule has 3 rings (SSSR count). The van der Waals surface area contributed by atoms with E-state index in [4.69, 9.17) is 0 Å². The van der Waals surface area contributed by atoms with Gasteiger partial charge in [0, 0.05) is 11.6 Å². The number of carbonyl (C=O) groups excluding carboxylic acids is 1. The molecule has 0 saturated heterocycles. The molecule has 0 saturated carbocycles. The molecule has 0 radical (unpaired) electrons. The first-order chi connectivity index (χ1) is 12.5. The number of carbonyl (C=O) groups is 1. The number of aromatic hydroxyl groups is 1. The Hall–Kier alpha value is -3.74. The average Bonchev–Trinajstić information content (AvgIpc) is 2.64. The van der Waals surface area contributed by atoms with Gasteiger partial charge in [-0.25, -0.2) is 0 Å². The van der Waals surface area contributed by atoms with Crippen molar-refractivity contribution in [3.8, 4) is 16.9 Å². The number of amides is 1. The summed E-state index contributed by atoms with van der Waals surface area (Å²) in [5.41, 5.74) is 0.912. The van der Waals surface area contributed by atoms with Gasteiger partial charge < -0.3 is 10.4 Å². The molecular formula is C19H13FN2O4. The lowest BCUT2D eigenvalue weighted by molar-refractivity contribution is -0.387. The highest BCUT2D eigenvalue weighted by molar-refractivity contribution is 6.05. The number of rotatable bonds is 4. The van der Waals surface area contributed by atoms with Crippen LogP contribution in [-0.2, 0) is 0 Å². The number of nitro benzene ring substituents is 1. The molecule has 1 amide bonds. The van der Waals surface area contributed by atoms with Gasteiger partial charge >= 0.3 is 5.69 Å². The number of halogens is 1. The summed E-state index contributed by atoms with van der Waals surface area (Å²) in [4.78, 5) is 22.2. The predicted octanol–water partition coefficient (Wildman–Crippen LogP) is 4.36. The zero-order valence-corrected chi connectivity index (χ0v) is 13.3. The monoisotopic (exact) mass is 352 g/mol. The largest absolute Gasteiger partial charge is 0.506 e. The van der Waals surface area contributed by atoms with Crippen molar-refractivity contribution in [2.75, 3.05) is 5.32 Å². The quantitative estimate of drug-likeness (QED) is 0.414. The molecule has 0 unspecified atom stereocenters. The van der Waals surface area contributed by atoms with Crippen molar-refractivity contribution in [2.24, 2.45) is 0 Å². The number of nitro groups is 1. The second-order valence-electron chi connectivity index (χ2n) is 5.48. The predicted molar refractivity (Wildman–Crippen MR) is 94.6 cm³/mol. The van der Waals surface area contributed by atoms with Crippen LogP contribution < -0.4 is 5.32 Å². The van der Waals surface area contributed by atoms with E-state index in [1.807, 2.05) is 30.3 Å². The van der Waals surface area contributed by atoms with E-state index in [0.29, 0.717) is 0 Å². The SMILES string of the molecule is O=C(Nc1cc(-c2ccccc2)ccc1O)c1ccc(F)c([N+](=O)[O-])c1. The summed E-state index contributed by atoms with van der Waals surface area (Å²) in [7, 11) is 0. The van der Waals surface area contributed by atoms with Crippen LogP contribution in [0, 0.1) is 15.9 Å². The topological polar surface area (TPSA) is 92.5 Å². The highest BCUT2D eigenvalue weighted by Crippen LogP contribution is 2.30. The first kappa shape index (κ1) is 17.1. The van der Waals surface area contributed by atoms with Crippen molar-refractivity contribution >= 4 is 17.3 Å². The smallest absolute Gasteiger partial charge is 0.305 e. The van der Waals surface area contributed by atoms with E-state index in [1.54, 1.807) is 12.1 Å². The van der Waals surface area contributed by atoms with Gasteiger partial charge in [-0.05, 0) is 35.4 Å². The van der Waals surface area contributed by atoms with Crippen molar-refractivity contribution in [2.45, 2.75) is 0 Å². The Morgan fingerprint density at radius 3 is 2.42 bits per heavy atom. The Balaban J connectivity index is 1.90. The lowest BCUT2D eigenvalue weighted by Crippen LogP contribution is -2.12. The molecule has 0 aromatic heterocycles. The van der Waals surface area contributed by atoms with Gasteiger partial charge in [-0.3, -0.25) is 14.9 Å². The maximum atomic E-state index is 13.4. The maximum Gasteiger partial charge on any atom is 0.305 e. The first-order valence-electron chi connectivity index (χ1n) is 7.59. The first-order valence-corrected chi connectivity index (χ1v) is 7.59. The van der Waals surface area contributed by atoms with Crippen LogP contribution in [0.5, 0.6) is 5.75 Å². The van der Waals surface area contributed by atoms with Gasteiger partial charge in [0.2, 0.25) is 5.82 Å². The van der Waals surface area contributed by atoms with Gasteiger partial charge in [0.15, 0.2) is 0 Å². The maximum absolute atomic E-state index is 13.4. The van der Waals surface area contributed by atoms with Crippen LogP contribution in [-0.4, -0.2) is 15.9 Å². The zero-order valence-electron chi connectivity index (χ0n) is 13.3. The zero-order chi connectivity index (χ0) is 18.7. The summed E-state index contributed by atoms with van der Waals surface area (Å²) in [5.74, 6) is -1.89. The van der Waals surface area contributed by atoms with Crippen LogP contribution in [0.15, 0.2) is 66.7 Å². The summed E-state index contributed by atoms with van der Waals surface area (Å²) in [6.07, 6.45) is 0. The van der Waals surface area contributed by atoms with Crippen LogP contribution >= 0.6 is 0 Å². The lowest BCUT2D eigenvalue weighted by Gasteiger charge is -2.10.